The number of fused-ring (bicyclic) bond motifs is 1. The second-order valence-corrected chi connectivity index (χ2v) is 7.76. The van der Waals surface area contributed by atoms with Gasteiger partial charge in [0.1, 0.15) is 11.6 Å². The van der Waals surface area contributed by atoms with Crippen LogP contribution in [0.3, 0.4) is 0 Å². The molecule has 9 heteroatoms. The van der Waals surface area contributed by atoms with E-state index in [0.29, 0.717) is 22.0 Å². The molecule has 5 rings (SSSR count). The van der Waals surface area contributed by atoms with Crippen molar-refractivity contribution < 1.29 is 13.2 Å². The molecule has 0 N–H and O–H groups in total. The maximum atomic E-state index is 13.8. The van der Waals surface area contributed by atoms with Gasteiger partial charge in [-0.25, -0.2) is 4.98 Å². The van der Waals surface area contributed by atoms with Gasteiger partial charge in [-0.05, 0) is 37.3 Å². The fourth-order valence-corrected chi connectivity index (χ4v) is 4.39. The minimum atomic E-state index is -2.68. The van der Waals surface area contributed by atoms with Crippen molar-refractivity contribution in [1.82, 2.24) is 24.3 Å². The summed E-state index contributed by atoms with van der Waals surface area (Å²) in [6.07, 6.45) is 1.60. The van der Waals surface area contributed by atoms with Crippen LogP contribution >= 0.6 is 11.8 Å². The van der Waals surface area contributed by atoms with Gasteiger partial charge in [-0.15, -0.1) is 10.2 Å². The van der Waals surface area contributed by atoms with Gasteiger partial charge in [0.2, 0.25) is 0 Å². The van der Waals surface area contributed by atoms with E-state index in [9.17, 15) is 8.78 Å². The van der Waals surface area contributed by atoms with Crippen molar-refractivity contribution in [2.24, 2.45) is 0 Å². The summed E-state index contributed by atoms with van der Waals surface area (Å²) in [5.41, 5.74) is 2.64. The third-order valence-electron chi connectivity index (χ3n) is 4.94. The third-order valence-corrected chi connectivity index (χ3v) is 5.87. The zero-order valence-electron chi connectivity index (χ0n) is 16.4. The Bertz CT molecular complexity index is 1340. The summed E-state index contributed by atoms with van der Waals surface area (Å²) in [5.74, 6) is 1.85. The minimum Gasteiger partial charge on any atom is -0.469 e. The number of imidazole rings is 1. The van der Waals surface area contributed by atoms with Crippen LogP contribution in [0.4, 0.5) is 8.78 Å². The van der Waals surface area contributed by atoms with Crippen molar-refractivity contribution in [3.63, 3.8) is 0 Å². The van der Waals surface area contributed by atoms with Gasteiger partial charge in [-0.1, -0.05) is 42.1 Å². The first kappa shape index (κ1) is 19.5. The van der Waals surface area contributed by atoms with Crippen molar-refractivity contribution in [2.45, 2.75) is 24.4 Å². The monoisotopic (exact) mass is 437 g/mol. The van der Waals surface area contributed by atoms with E-state index in [1.54, 1.807) is 30.5 Å². The Morgan fingerprint density at radius 2 is 1.77 bits per heavy atom. The number of furan rings is 1. The Labute approximate surface area is 180 Å². The van der Waals surface area contributed by atoms with Gasteiger partial charge in [0, 0.05) is 5.69 Å². The van der Waals surface area contributed by atoms with E-state index >= 15 is 0 Å². The van der Waals surface area contributed by atoms with Crippen LogP contribution in [-0.2, 0) is 5.75 Å². The van der Waals surface area contributed by atoms with Crippen LogP contribution in [0.25, 0.3) is 28.1 Å². The molecule has 0 amide bonds. The number of aryl methyl sites for hydroxylation is 1. The molecule has 0 saturated heterocycles. The van der Waals surface area contributed by atoms with E-state index in [0.717, 1.165) is 21.6 Å². The van der Waals surface area contributed by atoms with Gasteiger partial charge in [0.25, 0.3) is 0 Å². The predicted molar refractivity (Wildman–Crippen MR) is 114 cm³/mol. The minimum absolute atomic E-state index is 0.217. The molecule has 0 saturated carbocycles. The van der Waals surface area contributed by atoms with Crippen LogP contribution in [0, 0.1) is 6.92 Å². The molecule has 0 aliphatic rings. The first-order valence-corrected chi connectivity index (χ1v) is 10.5. The zero-order chi connectivity index (χ0) is 21.4. The number of aromatic nitrogens is 5. The number of alkyl halides is 2. The van der Waals surface area contributed by atoms with Crippen LogP contribution in [-0.4, -0.2) is 24.3 Å². The molecule has 0 fully saturated rings. The van der Waals surface area contributed by atoms with Gasteiger partial charge >= 0.3 is 6.55 Å². The number of halogens is 2. The SMILES string of the molecule is Cc1occc1-c1nnc(SCc2nc3ccccc3n2C(F)F)n1-c1ccccc1. The second-order valence-electron chi connectivity index (χ2n) is 6.82. The smallest absolute Gasteiger partial charge is 0.320 e. The number of para-hydroxylation sites is 3. The number of thioether (sulfide) groups is 1. The van der Waals surface area contributed by atoms with Crippen LogP contribution < -0.4 is 0 Å². The molecule has 0 unspecified atom stereocenters. The van der Waals surface area contributed by atoms with Crippen molar-refractivity contribution in [3.05, 3.63) is 78.5 Å². The van der Waals surface area contributed by atoms with Crippen molar-refractivity contribution in [2.75, 3.05) is 0 Å². The largest absolute Gasteiger partial charge is 0.469 e. The highest BCUT2D eigenvalue weighted by molar-refractivity contribution is 7.98. The summed E-state index contributed by atoms with van der Waals surface area (Å²) in [7, 11) is 0. The fraction of sp³-hybridized carbons (Fsp3) is 0.136. The maximum absolute atomic E-state index is 13.8. The van der Waals surface area contributed by atoms with E-state index in [-0.39, 0.29) is 11.6 Å². The first-order chi connectivity index (χ1) is 15.1. The topological polar surface area (TPSA) is 61.7 Å². The second kappa shape index (κ2) is 7.99. The van der Waals surface area contributed by atoms with Gasteiger partial charge in [0.15, 0.2) is 11.0 Å². The normalized spacial score (nSPS) is 11.6. The van der Waals surface area contributed by atoms with Crippen molar-refractivity contribution >= 4 is 22.8 Å². The lowest BCUT2D eigenvalue weighted by molar-refractivity contribution is 0.0722. The summed E-state index contributed by atoms with van der Waals surface area (Å²) in [6.45, 7) is -0.823. The average molecular weight is 437 g/mol. The quantitative estimate of drug-likeness (QED) is 0.311. The Kier molecular flexibility index (Phi) is 5.03. The summed E-state index contributed by atoms with van der Waals surface area (Å²) < 4.78 is 35.8. The Hall–Kier alpha value is -3.46. The molecular formula is C22H17F2N5OS. The number of rotatable bonds is 6. The summed E-state index contributed by atoms with van der Waals surface area (Å²) >= 11 is 1.31. The molecule has 31 heavy (non-hydrogen) atoms. The number of benzene rings is 2. The number of hydrogen-bond acceptors (Lipinski definition) is 5. The van der Waals surface area contributed by atoms with Gasteiger partial charge < -0.3 is 4.42 Å². The summed E-state index contributed by atoms with van der Waals surface area (Å²) in [4.78, 5) is 4.41. The molecule has 0 bridgehead atoms. The molecule has 3 heterocycles. The van der Waals surface area contributed by atoms with Gasteiger partial charge in [0.05, 0.1) is 28.6 Å². The first-order valence-electron chi connectivity index (χ1n) is 9.55. The van der Waals surface area contributed by atoms with Crippen molar-refractivity contribution in [1.29, 1.82) is 0 Å². The highest BCUT2D eigenvalue weighted by Gasteiger charge is 2.21. The highest BCUT2D eigenvalue weighted by Crippen LogP contribution is 2.33. The average Bonchev–Trinajstić information content (AvgIpc) is 3.48. The van der Waals surface area contributed by atoms with Crippen LogP contribution in [0.2, 0.25) is 0 Å². The van der Waals surface area contributed by atoms with Crippen LogP contribution in [0.1, 0.15) is 18.1 Å². The Morgan fingerprint density at radius 3 is 2.52 bits per heavy atom. The van der Waals surface area contributed by atoms with Crippen LogP contribution in [0.5, 0.6) is 0 Å². The Balaban J connectivity index is 1.55. The molecule has 2 aromatic carbocycles. The van der Waals surface area contributed by atoms with Crippen molar-refractivity contribution in [3.8, 4) is 17.1 Å². The van der Waals surface area contributed by atoms with E-state index in [4.69, 9.17) is 4.42 Å². The zero-order valence-corrected chi connectivity index (χ0v) is 17.3. The highest BCUT2D eigenvalue weighted by atomic mass is 32.2. The standard InChI is InChI=1S/C22H17F2N5OS/c1-14-16(11-12-30-14)20-26-27-22(28(20)15-7-3-2-4-8-15)31-13-19-25-17-9-5-6-10-18(17)29(19)21(23)24/h2-12,21H,13H2,1H3. The molecule has 0 aliphatic heterocycles. The molecule has 5 aromatic rings. The third kappa shape index (κ3) is 3.50. The maximum Gasteiger partial charge on any atom is 0.320 e. The molecule has 0 atom stereocenters. The van der Waals surface area contributed by atoms with Gasteiger partial charge in [-0.2, -0.15) is 8.78 Å². The lowest BCUT2D eigenvalue weighted by atomic mass is 10.2. The number of nitrogens with zero attached hydrogens (tertiary/aromatic N) is 5. The lowest BCUT2D eigenvalue weighted by Crippen LogP contribution is -2.04. The molecular weight excluding hydrogens is 420 g/mol. The molecule has 6 nitrogen and oxygen atoms in total. The molecule has 3 aromatic heterocycles. The lowest BCUT2D eigenvalue weighted by Gasteiger charge is -2.10. The van der Waals surface area contributed by atoms with Gasteiger partial charge in [-0.3, -0.25) is 9.13 Å². The van der Waals surface area contributed by atoms with E-state index in [1.165, 1.54) is 11.8 Å². The van der Waals surface area contributed by atoms with Crippen LogP contribution in [0.15, 0.2) is 76.5 Å². The van der Waals surface area contributed by atoms with E-state index in [2.05, 4.69) is 15.2 Å². The Morgan fingerprint density at radius 1 is 1.00 bits per heavy atom. The van der Waals surface area contributed by atoms with E-state index in [1.807, 2.05) is 47.9 Å². The summed E-state index contributed by atoms with van der Waals surface area (Å²) in [6, 6.07) is 18.4. The molecule has 0 aliphatic carbocycles. The predicted octanol–water partition coefficient (Wildman–Crippen LogP) is 5.87. The van der Waals surface area contributed by atoms with E-state index < -0.39 is 6.55 Å². The fourth-order valence-electron chi connectivity index (χ4n) is 3.51. The molecule has 0 radical (unpaired) electrons. The molecule has 0 spiro atoms. The number of hydrogen-bond donors (Lipinski definition) is 0. The summed E-state index contributed by atoms with van der Waals surface area (Å²) in [5, 5.41) is 9.29. The molecule has 156 valence electrons.